The van der Waals surface area contributed by atoms with Crippen LogP contribution in [-0.2, 0) is 102 Å². The van der Waals surface area contributed by atoms with Crippen molar-refractivity contribution in [3.05, 3.63) is 323 Å². The quantitative estimate of drug-likeness (QED) is 0.0329. The summed E-state index contributed by atoms with van der Waals surface area (Å²) in [6, 6.07) is 80.5. The molecule has 526 valence electrons. The number of carbonyl (C=O) groups is 4. The molecule has 0 spiro atoms. The fourth-order valence-electron chi connectivity index (χ4n) is 12.6. The van der Waals surface area contributed by atoms with Crippen LogP contribution in [0.3, 0.4) is 0 Å². The van der Waals surface area contributed by atoms with Crippen LogP contribution in [0.2, 0.25) is 0 Å². The van der Waals surface area contributed by atoms with E-state index < -0.39 is 129 Å². The maximum atomic E-state index is 15.0. The number of ether oxygens (including phenoxy) is 16. The molecule has 4 aliphatic heterocycles. The lowest BCUT2D eigenvalue weighted by Crippen LogP contribution is -2.69. The molecule has 102 heavy (non-hydrogen) atoms. The smallest absolute Gasteiger partial charge is 0.338 e. The molecule has 0 aliphatic carbocycles. The average molecular weight is 1380 g/mol. The van der Waals surface area contributed by atoms with Gasteiger partial charge < -0.3 is 75.8 Å². The van der Waals surface area contributed by atoms with E-state index in [-0.39, 0.29) is 61.9 Å². The topological polar surface area (TPSA) is 216 Å². The molecule has 0 amide bonds. The summed E-state index contributed by atoms with van der Waals surface area (Å²) in [4.78, 5) is 58.7. The van der Waals surface area contributed by atoms with Gasteiger partial charge in [0, 0.05) is 12.7 Å². The molecule has 4 heterocycles. The third-order valence-electron chi connectivity index (χ3n) is 17.7. The summed E-state index contributed by atoms with van der Waals surface area (Å²) in [6.45, 7) is -0.272. The molecule has 20 heteroatoms. The zero-order valence-corrected chi connectivity index (χ0v) is 55.8. The van der Waals surface area contributed by atoms with E-state index in [9.17, 15) is 14.4 Å². The second-order valence-corrected chi connectivity index (χ2v) is 24.7. The van der Waals surface area contributed by atoms with Gasteiger partial charge in [0.25, 0.3) is 0 Å². The number of benzene rings is 9. The highest BCUT2D eigenvalue weighted by molar-refractivity contribution is 5.91. The van der Waals surface area contributed by atoms with Crippen LogP contribution in [0.1, 0.15) is 75.5 Å². The average Bonchev–Trinajstić information content (AvgIpc) is 0.753. The minimum absolute atomic E-state index is 0.0385. The van der Waals surface area contributed by atoms with Crippen LogP contribution >= 0.6 is 0 Å². The molecule has 0 N–H and O–H groups in total. The Labute approximate surface area is 591 Å². The van der Waals surface area contributed by atoms with E-state index in [0.29, 0.717) is 5.56 Å². The number of rotatable bonds is 28. The molecule has 4 aliphatic rings. The van der Waals surface area contributed by atoms with Gasteiger partial charge in [-0.05, 0) is 70.8 Å². The van der Waals surface area contributed by atoms with Crippen LogP contribution in [0.4, 0.5) is 0 Å². The number of fused-ring (bicyclic) bond motifs is 1. The Hall–Kier alpha value is -9.62. The van der Waals surface area contributed by atoms with Crippen LogP contribution in [0.25, 0.3) is 0 Å². The van der Waals surface area contributed by atoms with Gasteiger partial charge in [-0.25, -0.2) is 19.2 Å². The first-order chi connectivity index (χ1) is 50.2. The van der Waals surface area contributed by atoms with E-state index in [1.54, 1.807) is 84.9 Å². The van der Waals surface area contributed by atoms with Crippen LogP contribution in [0.15, 0.2) is 273 Å². The van der Waals surface area contributed by atoms with E-state index in [1.165, 1.54) is 43.5 Å². The van der Waals surface area contributed by atoms with Gasteiger partial charge in [0.05, 0.1) is 61.9 Å². The molecule has 20 nitrogen and oxygen atoms in total. The number of esters is 4. The van der Waals surface area contributed by atoms with Crippen molar-refractivity contribution in [2.24, 2.45) is 0 Å². The summed E-state index contributed by atoms with van der Waals surface area (Å²) < 4.78 is 110. The van der Waals surface area contributed by atoms with Crippen LogP contribution in [0, 0.1) is 0 Å². The zero-order valence-electron chi connectivity index (χ0n) is 55.8. The highest BCUT2D eigenvalue weighted by Crippen LogP contribution is 2.42. The maximum Gasteiger partial charge on any atom is 0.338 e. The first-order valence-electron chi connectivity index (χ1n) is 33.9. The molecule has 0 radical (unpaired) electrons. The van der Waals surface area contributed by atoms with Crippen LogP contribution in [0.5, 0.6) is 0 Å². The normalized spacial score (nSPS) is 26.1. The SMILES string of the molecule is CO[C@H]1O[C@@H]2COC(c3ccccc3)O[C@H]2[C@H](O[C@H]2O[C@H](COC(=O)c3ccccc3)[C@@H](OC(=O)c3ccccc3)[C@H](OC(=O)c3ccccc3)[C@H]2OC(=O)c2ccccc2)[C@H]1O[C@H]1O[C@H](COCc2ccccc2)[C@@H](OCc2ccccc2)[C@H](OCc2ccccc2)[C@H]1OCc1ccccc1. The van der Waals surface area contributed by atoms with Gasteiger partial charge in [-0.15, -0.1) is 0 Å². The lowest BCUT2D eigenvalue weighted by Gasteiger charge is -2.52. The van der Waals surface area contributed by atoms with Crippen molar-refractivity contribution in [3.8, 4) is 0 Å². The van der Waals surface area contributed by atoms with E-state index in [1.807, 2.05) is 152 Å². The van der Waals surface area contributed by atoms with Gasteiger partial charge >= 0.3 is 23.9 Å². The summed E-state index contributed by atoms with van der Waals surface area (Å²) in [7, 11) is 1.43. The van der Waals surface area contributed by atoms with Gasteiger partial charge in [0.1, 0.15) is 61.5 Å². The molecule has 1 unspecified atom stereocenters. The molecule has 16 atom stereocenters. The molecule has 4 fully saturated rings. The van der Waals surface area contributed by atoms with E-state index in [2.05, 4.69) is 0 Å². The zero-order chi connectivity index (χ0) is 69.8. The molecule has 4 saturated heterocycles. The molecular weight excluding hydrogens is 1300 g/mol. The Morgan fingerprint density at radius 1 is 0.343 bits per heavy atom. The summed E-state index contributed by atoms with van der Waals surface area (Å²) in [5.41, 5.74) is 4.58. The Morgan fingerprint density at radius 2 is 0.725 bits per heavy atom. The molecule has 0 saturated carbocycles. The van der Waals surface area contributed by atoms with Gasteiger partial charge in [0.2, 0.25) is 0 Å². The number of hydrogen-bond donors (Lipinski definition) is 0. The predicted octanol–water partition coefficient (Wildman–Crippen LogP) is 12.2. The monoisotopic (exact) mass is 1380 g/mol. The Kier molecular flexibility index (Phi) is 24.5. The molecular formula is C82H78O20. The summed E-state index contributed by atoms with van der Waals surface area (Å²) in [6.07, 6.45) is -21.8. The van der Waals surface area contributed by atoms with Crippen molar-refractivity contribution in [1.82, 2.24) is 0 Å². The van der Waals surface area contributed by atoms with Gasteiger partial charge in [-0.3, -0.25) is 0 Å². The highest BCUT2D eigenvalue weighted by atomic mass is 16.8. The number of carbonyl (C=O) groups excluding carboxylic acids is 4. The van der Waals surface area contributed by atoms with Crippen LogP contribution < -0.4 is 0 Å². The van der Waals surface area contributed by atoms with Gasteiger partial charge in [-0.2, -0.15) is 0 Å². The molecule has 9 aromatic carbocycles. The fourth-order valence-corrected chi connectivity index (χ4v) is 12.6. The summed E-state index contributed by atoms with van der Waals surface area (Å²) >= 11 is 0. The molecule has 0 bridgehead atoms. The summed E-state index contributed by atoms with van der Waals surface area (Å²) in [5, 5.41) is 0. The van der Waals surface area contributed by atoms with Crippen molar-refractivity contribution in [3.63, 3.8) is 0 Å². The number of hydrogen-bond acceptors (Lipinski definition) is 20. The van der Waals surface area contributed by atoms with E-state index in [4.69, 9.17) is 75.8 Å². The minimum Gasteiger partial charge on any atom is -0.459 e. The fraction of sp³-hybridized carbons (Fsp3) is 0.293. The number of methoxy groups -OCH3 is 1. The van der Waals surface area contributed by atoms with Crippen LogP contribution in [-0.4, -0.2) is 143 Å². The second kappa shape index (κ2) is 35.3. The predicted molar refractivity (Wildman–Crippen MR) is 368 cm³/mol. The lowest BCUT2D eigenvalue weighted by molar-refractivity contribution is -0.415. The maximum absolute atomic E-state index is 15.0. The van der Waals surface area contributed by atoms with Crippen molar-refractivity contribution in [2.45, 2.75) is 125 Å². The molecule has 13 rings (SSSR count). The molecule has 0 aromatic heterocycles. The first kappa shape index (κ1) is 70.8. The van der Waals surface area contributed by atoms with Crippen molar-refractivity contribution < 1.29 is 95.0 Å². The molecule has 9 aromatic rings. The third kappa shape index (κ3) is 18.2. The van der Waals surface area contributed by atoms with Gasteiger partial charge in [0.15, 0.2) is 43.5 Å². The van der Waals surface area contributed by atoms with Crippen molar-refractivity contribution >= 4 is 23.9 Å². The van der Waals surface area contributed by atoms with Crippen molar-refractivity contribution in [1.29, 1.82) is 0 Å². The Morgan fingerprint density at radius 3 is 1.21 bits per heavy atom. The largest absolute Gasteiger partial charge is 0.459 e. The first-order valence-corrected chi connectivity index (χ1v) is 33.9. The Balaban J connectivity index is 0.945. The summed E-state index contributed by atoms with van der Waals surface area (Å²) in [5.74, 6) is -3.49. The second-order valence-electron chi connectivity index (χ2n) is 24.7. The highest BCUT2D eigenvalue weighted by Gasteiger charge is 2.60. The Bertz CT molecular complexity index is 4040. The van der Waals surface area contributed by atoms with E-state index >= 15 is 4.79 Å². The van der Waals surface area contributed by atoms with Gasteiger partial charge in [-0.1, -0.05) is 224 Å². The third-order valence-corrected chi connectivity index (χ3v) is 17.7. The minimum atomic E-state index is -1.89. The lowest BCUT2D eigenvalue weighted by atomic mass is 9.94. The standard InChI is InChI=1S/C82H78O20/c1-87-80-73(102-81-72(91-50-57-35-17-5-18-36-57)69(90-49-56-33-15-4-16-34-56)66(89-48-55-31-13-3-14-32-55)63(95-81)51-88-47-54-29-11-2-12-30-54)71(68-65(94-80)53-93-79(100-68)62-45-27-10-28-46-62)101-82-74(99-78(86)61-43-25-9-26-44-61)70(98-77(85)60-41-23-8-24-42-60)67(97-76(84)59-39-21-7-22-40-59)64(96-82)52-92-75(83)58-37-19-6-20-38-58/h2-46,63-74,79-82H,47-53H2,1H3/t63-,64-,65-,66-,67-,68-,69+,70+,71+,72-,73-,74-,79?,80+,81-,82-/m1/s1. The van der Waals surface area contributed by atoms with E-state index in [0.717, 1.165) is 22.3 Å². The van der Waals surface area contributed by atoms with Crippen molar-refractivity contribution in [2.75, 3.05) is 26.9 Å².